The normalized spacial score (nSPS) is 12.4. The maximum atomic E-state index is 10.6. The fraction of sp³-hybridized carbons (Fsp3) is 0.583. The zero-order valence-electron chi connectivity index (χ0n) is 11.0. The van der Waals surface area contributed by atoms with E-state index in [1.165, 1.54) is 6.20 Å². The summed E-state index contributed by atoms with van der Waals surface area (Å²) in [6.45, 7) is 5.30. The van der Waals surface area contributed by atoms with Crippen molar-refractivity contribution in [2.45, 2.75) is 26.3 Å². The Hall–Kier alpha value is -1.53. The Labute approximate surface area is 107 Å². The Morgan fingerprint density at radius 3 is 2.83 bits per heavy atom. The van der Waals surface area contributed by atoms with Crippen molar-refractivity contribution in [2.24, 2.45) is 0 Å². The lowest BCUT2D eigenvalue weighted by Crippen LogP contribution is -2.35. The molecule has 1 unspecified atom stereocenters. The molecule has 1 aromatic heterocycles. The number of hydrogen-bond acceptors (Lipinski definition) is 5. The average molecular weight is 253 g/mol. The van der Waals surface area contributed by atoms with Gasteiger partial charge < -0.3 is 10.1 Å². The minimum atomic E-state index is -0.430. The van der Waals surface area contributed by atoms with E-state index in [2.05, 4.69) is 10.3 Å². The molecule has 0 saturated heterocycles. The smallest absolute Gasteiger partial charge is 0.287 e. The van der Waals surface area contributed by atoms with Crippen molar-refractivity contribution in [1.29, 1.82) is 0 Å². The number of pyridine rings is 1. The monoisotopic (exact) mass is 253 g/mol. The van der Waals surface area contributed by atoms with Gasteiger partial charge in [-0.25, -0.2) is 0 Å². The quantitative estimate of drug-likeness (QED) is 0.588. The lowest BCUT2D eigenvalue weighted by molar-refractivity contribution is -0.385. The first-order valence-electron chi connectivity index (χ1n) is 5.90. The number of aromatic nitrogens is 1. The van der Waals surface area contributed by atoms with Gasteiger partial charge >= 0.3 is 0 Å². The summed E-state index contributed by atoms with van der Waals surface area (Å²) >= 11 is 0. The second kappa shape index (κ2) is 7.03. The van der Waals surface area contributed by atoms with Crippen LogP contribution in [0.2, 0.25) is 0 Å². The number of nitrogens with zero attached hydrogens (tertiary/aromatic N) is 2. The van der Waals surface area contributed by atoms with Crippen molar-refractivity contribution in [3.8, 4) is 0 Å². The second-order valence-corrected chi connectivity index (χ2v) is 4.13. The molecule has 0 bridgehead atoms. The van der Waals surface area contributed by atoms with Gasteiger partial charge in [0.25, 0.3) is 5.69 Å². The van der Waals surface area contributed by atoms with E-state index >= 15 is 0 Å². The van der Waals surface area contributed by atoms with E-state index in [4.69, 9.17) is 4.74 Å². The van der Waals surface area contributed by atoms with Crippen molar-refractivity contribution in [2.75, 3.05) is 20.3 Å². The van der Waals surface area contributed by atoms with E-state index in [1.807, 2.05) is 13.8 Å². The lowest BCUT2D eigenvalue weighted by Gasteiger charge is -2.17. The molecular weight excluding hydrogens is 234 g/mol. The highest BCUT2D eigenvalue weighted by Crippen LogP contribution is 2.15. The van der Waals surface area contributed by atoms with Crippen LogP contribution in [0, 0.1) is 17.0 Å². The minimum Gasteiger partial charge on any atom is -0.383 e. The Bertz CT molecular complexity index is 404. The molecule has 6 nitrogen and oxygen atoms in total. The van der Waals surface area contributed by atoms with Crippen molar-refractivity contribution in [3.63, 3.8) is 0 Å². The molecule has 1 rings (SSSR count). The molecule has 1 aromatic rings. The molecular formula is C12H19N3O3. The Morgan fingerprint density at radius 2 is 2.33 bits per heavy atom. The summed E-state index contributed by atoms with van der Waals surface area (Å²) in [5.74, 6) is 0. The number of nitro groups is 1. The first kappa shape index (κ1) is 14.5. The minimum absolute atomic E-state index is 0.0305. The summed E-state index contributed by atoms with van der Waals surface area (Å²) in [5, 5.41) is 13.9. The van der Waals surface area contributed by atoms with Gasteiger partial charge in [0.15, 0.2) is 0 Å². The molecule has 0 radical (unpaired) electrons. The molecule has 0 amide bonds. The van der Waals surface area contributed by atoms with Crippen molar-refractivity contribution in [3.05, 3.63) is 33.6 Å². The molecule has 0 aliphatic rings. The fourth-order valence-corrected chi connectivity index (χ4v) is 1.82. The molecule has 1 N–H and O–H groups in total. The van der Waals surface area contributed by atoms with E-state index in [0.717, 1.165) is 17.8 Å². The SMILES string of the molecule is CCNC(COC)Cc1ncc([N+](=O)[O-])cc1C. The van der Waals surface area contributed by atoms with E-state index in [-0.39, 0.29) is 11.7 Å². The summed E-state index contributed by atoms with van der Waals surface area (Å²) < 4.78 is 5.13. The number of ether oxygens (including phenoxy) is 1. The van der Waals surface area contributed by atoms with E-state index in [0.29, 0.717) is 13.0 Å². The van der Waals surface area contributed by atoms with Gasteiger partial charge in [-0.3, -0.25) is 15.1 Å². The highest BCUT2D eigenvalue weighted by molar-refractivity contribution is 5.33. The van der Waals surface area contributed by atoms with Crippen LogP contribution in [0.1, 0.15) is 18.2 Å². The fourth-order valence-electron chi connectivity index (χ4n) is 1.82. The number of aryl methyl sites for hydroxylation is 1. The first-order valence-corrected chi connectivity index (χ1v) is 5.90. The van der Waals surface area contributed by atoms with Crippen LogP contribution in [-0.2, 0) is 11.2 Å². The zero-order valence-corrected chi connectivity index (χ0v) is 11.0. The van der Waals surface area contributed by atoms with E-state index < -0.39 is 4.92 Å². The predicted molar refractivity (Wildman–Crippen MR) is 68.7 cm³/mol. The molecule has 18 heavy (non-hydrogen) atoms. The van der Waals surface area contributed by atoms with Crippen LogP contribution in [0.5, 0.6) is 0 Å². The summed E-state index contributed by atoms with van der Waals surface area (Å²) in [7, 11) is 1.65. The van der Waals surface area contributed by atoms with Crippen molar-refractivity contribution >= 4 is 5.69 Å². The van der Waals surface area contributed by atoms with Gasteiger partial charge in [0.05, 0.1) is 11.5 Å². The topological polar surface area (TPSA) is 77.3 Å². The van der Waals surface area contributed by atoms with Crippen LogP contribution in [0.15, 0.2) is 12.3 Å². The van der Waals surface area contributed by atoms with Gasteiger partial charge in [-0.1, -0.05) is 6.92 Å². The molecule has 0 fully saturated rings. The molecule has 100 valence electrons. The number of likely N-dealkylation sites (N-methyl/N-ethyl adjacent to an activating group) is 1. The van der Waals surface area contributed by atoms with Crippen LogP contribution < -0.4 is 5.32 Å². The van der Waals surface area contributed by atoms with E-state index in [9.17, 15) is 10.1 Å². The lowest BCUT2D eigenvalue weighted by atomic mass is 10.1. The molecule has 1 heterocycles. The van der Waals surface area contributed by atoms with Gasteiger partial charge in [-0.05, 0) is 19.0 Å². The highest BCUT2D eigenvalue weighted by atomic mass is 16.6. The third-order valence-electron chi connectivity index (χ3n) is 2.68. The Morgan fingerprint density at radius 1 is 1.61 bits per heavy atom. The van der Waals surface area contributed by atoms with E-state index in [1.54, 1.807) is 13.2 Å². The van der Waals surface area contributed by atoms with Gasteiger partial charge in [-0.15, -0.1) is 0 Å². The summed E-state index contributed by atoms with van der Waals surface area (Å²) in [5.41, 5.74) is 1.73. The molecule has 0 aliphatic carbocycles. The Kier molecular flexibility index (Phi) is 5.67. The van der Waals surface area contributed by atoms with Crippen LogP contribution in [0.25, 0.3) is 0 Å². The van der Waals surface area contributed by atoms with Crippen molar-refractivity contribution in [1.82, 2.24) is 10.3 Å². The maximum absolute atomic E-state index is 10.6. The predicted octanol–water partition coefficient (Wildman–Crippen LogP) is 1.47. The number of rotatable bonds is 7. The standard InChI is InChI=1S/C12H19N3O3/c1-4-13-10(8-18-3)6-12-9(2)5-11(7-14-12)15(16)17/h5,7,10,13H,4,6,8H2,1-3H3. The zero-order chi connectivity index (χ0) is 13.5. The summed E-state index contributed by atoms with van der Waals surface area (Å²) in [6.07, 6.45) is 2.00. The molecule has 0 saturated carbocycles. The Balaban J connectivity index is 2.79. The largest absolute Gasteiger partial charge is 0.383 e. The second-order valence-electron chi connectivity index (χ2n) is 4.13. The maximum Gasteiger partial charge on any atom is 0.287 e. The van der Waals surface area contributed by atoms with Crippen LogP contribution >= 0.6 is 0 Å². The number of methoxy groups -OCH3 is 1. The third-order valence-corrected chi connectivity index (χ3v) is 2.68. The molecule has 0 spiro atoms. The first-order chi connectivity index (χ1) is 8.58. The number of hydrogen-bond donors (Lipinski definition) is 1. The van der Waals surface area contributed by atoms with Gasteiger partial charge in [-0.2, -0.15) is 0 Å². The molecule has 0 aromatic carbocycles. The molecule has 1 atom stereocenters. The van der Waals surface area contributed by atoms with Crippen molar-refractivity contribution < 1.29 is 9.66 Å². The van der Waals surface area contributed by atoms with Gasteiger partial charge in [0.2, 0.25) is 0 Å². The third kappa shape index (κ3) is 4.05. The molecule has 6 heteroatoms. The summed E-state index contributed by atoms with van der Waals surface area (Å²) in [4.78, 5) is 14.4. The van der Waals surface area contributed by atoms with Crippen LogP contribution in [-0.4, -0.2) is 36.2 Å². The summed E-state index contributed by atoms with van der Waals surface area (Å²) in [6, 6.07) is 1.73. The van der Waals surface area contributed by atoms with Crippen LogP contribution in [0.4, 0.5) is 5.69 Å². The number of nitrogens with one attached hydrogen (secondary N) is 1. The van der Waals surface area contributed by atoms with Crippen LogP contribution in [0.3, 0.4) is 0 Å². The molecule has 0 aliphatic heterocycles. The van der Waals surface area contributed by atoms with Gasteiger partial charge in [0.1, 0.15) is 6.20 Å². The highest BCUT2D eigenvalue weighted by Gasteiger charge is 2.14. The van der Waals surface area contributed by atoms with Gasteiger partial charge in [0, 0.05) is 31.3 Å². The average Bonchev–Trinajstić information content (AvgIpc) is 2.32.